The van der Waals surface area contributed by atoms with E-state index in [-0.39, 0.29) is 12.1 Å². The second-order valence-corrected chi connectivity index (χ2v) is 6.50. The lowest BCUT2D eigenvalue weighted by molar-refractivity contribution is -0.111. The molecule has 0 radical (unpaired) electrons. The minimum Gasteiger partial charge on any atom is -0.431 e. The molecule has 0 aliphatic heterocycles. The molecule has 0 fully saturated rings. The van der Waals surface area contributed by atoms with Gasteiger partial charge in [0.15, 0.2) is 0 Å². The van der Waals surface area contributed by atoms with Gasteiger partial charge >= 0.3 is 7.52 Å². The molecule has 0 aliphatic carbocycles. The minimum absolute atomic E-state index is 0.213. The molecule has 0 saturated heterocycles. The molecule has 0 bridgehead atoms. The SMILES string of the molecule is COCP(=O)(N[C@@H](C)C(=O)S)Oc1cccc(C#N)c1. The van der Waals surface area contributed by atoms with Crippen LogP contribution >= 0.6 is 20.1 Å². The van der Waals surface area contributed by atoms with Crippen molar-refractivity contribution >= 4 is 25.3 Å². The molecule has 1 unspecified atom stereocenters. The van der Waals surface area contributed by atoms with E-state index >= 15 is 0 Å². The van der Waals surface area contributed by atoms with E-state index in [2.05, 4.69) is 17.7 Å². The Labute approximate surface area is 123 Å². The Balaban J connectivity index is 2.93. The quantitative estimate of drug-likeness (QED) is 0.592. The number of hydrogen-bond donors (Lipinski definition) is 2. The average Bonchev–Trinajstić information content (AvgIpc) is 2.38. The molecule has 1 aromatic carbocycles. The zero-order chi connectivity index (χ0) is 15.2. The van der Waals surface area contributed by atoms with Gasteiger partial charge in [0.05, 0.1) is 17.7 Å². The third-order valence-electron chi connectivity index (χ3n) is 2.28. The molecule has 0 amide bonds. The highest BCUT2D eigenvalue weighted by molar-refractivity contribution is 7.96. The molecule has 0 heterocycles. The van der Waals surface area contributed by atoms with Crippen LogP contribution < -0.4 is 9.61 Å². The molecule has 1 rings (SSSR count). The van der Waals surface area contributed by atoms with Gasteiger partial charge in [0.1, 0.15) is 12.1 Å². The molecular weight excluding hydrogens is 299 g/mol. The Morgan fingerprint density at radius 1 is 1.60 bits per heavy atom. The first kappa shape index (κ1) is 16.7. The first-order valence-corrected chi connectivity index (χ1v) is 7.94. The third kappa shape index (κ3) is 4.99. The number of hydrogen-bond acceptors (Lipinski definition) is 5. The third-order valence-corrected chi connectivity index (χ3v) is 4.55. The van der Waals surface area contributed by atoms with Crippen LogP contribution in [0.2, 0.25) is 0 Å². The number of methoxy groups -OCH3 is 1. The number of thiol groups is 1. The Morgan fingerprint density at radius 2 is 2.30 bits per heavy atom. The number of nitrogens with one attached hydrogen (secondary N) is 1. The second-order valence-electron chi connectivity index (χ2n) is 4.01. The smallest absolute Gasteiger partial charge is 0.342 e. The summed E-state index contributed by atoms with van der Waals surface area (Å²) in [5, 5.41) is 10.9. The van der Waals surface area contributed by atoms with Gasteiger partial charge in [-0.2, -0.15) is 5.26 Å². The number of carbonyl (C=O) groups is 1. The van der Waals surface area contributed by atoms with Gasteiger partial charge < -0.3 is 9.26 Å². The Hall–Kier alpha value is -1.32. The highest BCUT2D eigenvalue weighted by Crippen LogP contribution is 2.43. The summed E-state index contributed by atoms with van der Waals surface area (Å²) in [6.07, 6.45) is -0.213. The number of carbonyl (C=O) groups excluding carboxylic acids is 1. The van der Waals surface area contributed by atoms with Crippen molar-refractivity contribution in [3.05, 3.63) is 29.8 Å². The maximum atomic E-state index is 12.6. The van der Waals surface area contributed by atoms with E-state index in [1.54, 1.807) is 18.2 Å². The van der Waals surface area contributed by atoms with E-state index in [1.807, 2.05) is 6.07 Å². The van der Waals surface area contributed by atoms with Crippen LogP contribution in [0.4, 0.5) is 0 Å². The summed E-state index contributed by atoms with van der Waals surface area (Å²) in [6, 6.07) is 7.44. The molecular formula is C12H15N2O4PS. The molecule has 0 aliphatic rings. The van der Waals surface area contributed by atoms with Crippen molar-refractivity contribution in [3.63, 3.8) is 0 Å². The number of nitriles is 1. The van der Waals surface area contributed by atoms with E-state index in [4.69, 9.17) is 14.5 Å². The van der Waals surface area contributed by atoms with Crippen molar-refractivity contribution < 1.29 is 18.6 Å². The predicted octanol–water partition coefficient (Wildman–Crippen LogP) is 2.17. The molecule has 0 aromatic heterocycles. The van der Waals surface area contributed by atoms with Crippen LogP contribution in [0.15, 0.2) is 24.3 Å². The van der Waals surface area contributed by atoms with Crippen molar-refractivity contribution in [2.75, 3.05) is 13.5 Å². The van der Waals surface area contributed by atoms with Gasteiger partial charge in [0, 0.05) is 7.11 Å². The van der Waals surface area contributed by atoms with Gasteiger partial charge in [0.25, 0.3) is 0 Å². The fraction of sp³-hybridized carbons (Fsp3) is 0.333. The summed E-state index contributed by atoms with van der Waals surface area (Å²) in [5.41, 5.74) is 0.379. The number of nitrogens with zero attached hydrogens (tertiary/aromatic N) is 1. The van der Waals surface area contributed by atoms with Gasteiger partial charge in [-0.1, -0.05) is 6.07 Å². The van der Waals surface area contributed by atoms with Crippen LogP contribution in [-0.4, -0.2) is 24.6 Å². The van der Waals surface area contributed by atoms with Gasteiger partial charge in [-0.15, -0.1) is 12.6 Å². The minimum atomic E-state index is -3.43. The summed E-state index contributed by atoms with van der Waals surface area (Å²) in [7, 11) is -2.06. The summed E-state index contributed by atoms with van der Waals surface area (Å²) < 4.78 is 22.8. The van der Waals surface area contributed by atoms with Gasteiger partial charge in [-0.3, -0.25) is 9.36 Å². The molecule has 1 aromatic rings. The summed E-state index contributed by atoms with van der Waals surface area (Å²) in [5.74, 6) is 0.260. The fourth-order valence-corrected chi connectivity index (χ4v) is 3.25. The van der Waals surface area contributed by atoms with Crippen LogP contribution in [-0.2, 0) is 14.1 Å². The molecule has 20 heavy (non-hydrogen) atoms. The van der Waals surface area contributed by atoms with Crippen LogP contribution in [0.25, 0.3) is 0 Å². The summed E-state index contributed by atoms with van der Waals surface area (Å²) >= 11 is 3.67. The van der Waals surface area contributed by atoms with E-state index in [0.717, 1.165) is 0 Å². The molecule has 1 N–H and O–H groups in total. The monoisotopic (exact) mass is 314 g/mol. The topological polar surface area (TPSA) is 88.4 Å². The van der Waals surface area contributed by atoms with Crippen molar-refractivity contribution in [2.45, 2.75) is 13.0 Å². The average molecular weight is 314 g/mol. The largest absolute Gasteiger partial charge is 0.431 e. The molecule has 0 saturated carbocycles. The van der Waals surface area contributed by atoms with E-state index < -0.39 is 18.7 Å². The van der Waals surface area contributed by atoms with Crippen LogP contribution in [0.5, 0.6) is 5.75 Å². The van der Waals surface area contributed by atoms with E-state index in [1.165, 1.54) is 20.1 Å². The van der Waals surface area contributed by atoms with Gasteiger partial charge in [-0.05, 0) is 25.1 Å². The summed E-state index contributed by atoms with van der Waals surface area (Å²) in [4.78, 5) is 11.1. The Morgan fingerprint density at radius 3 is 2.85 bits per heavy atom. The molecule has 108 valence electrons. The van der Waals surface area contributed by atoms with E-state index in [9.17, 15) is 9.36 Å². The Kier molecular flexibility index (Phi) is 6.24. The zero-order valence-electron chi connectivity index (χ0n) is 11.1. The van der Waals surface area contributed by atoms with Gasteiger partial charge in [0.2, 0.25) is 5.12 Å². The maximum absolute atomic E-state index is 12.6. The lowest BCUT2D eigenvalue weighted by Crippen LogP contribution is -2.31. The molecule has 2 atom stereocenters. The highest BCUT2D eigenvalue weighted by Gasteiger charge is 2.28. The van der Waals surface area contributed by atoms with Crippen molar-refractivity contribution in [1.29, 1.82) is 5.26 Å². The predicted molar refractivity (Wildman–Crippen MR) is 77.9 cm³/mol. The fourth-order valence-electron chi connectivity index (χ4n) is 1.40. The Bertz CT molecular complexity index is 573. The number of ether oxygens (including phenoxy) is 1. The standard InChI is InChI=1S/C12H15N2O4PS/c1-9(12(15)20)14-19(16,8-17-2)18-11-5-3-4-10(6-11)7-13/h3-6,9H,8H2,1-2H3,(H,14,16)(H,15,20)/t9-,19?/m0/s1. The number of benzene rings is 1. The lowest BCUT2D eigenvalue weighted by Gasteiger charge is -2.22. The van der Waals surface area contributed by atoms with Crippen molar-refractivity contribution in [1.82, 2.24) is 5.09 Å². The molecule has 6 nitrogen and oxygen atoms in total. The van der Waals surface area contributed by atoms with Crippen molar-refractivity contribution in [2.24, 2.45) is 0 Å². The van der Waals surface area contributed by atoms with Crippen molar-refractivity contribution in [3.8, 4) is 11.8 Å². The van der Waals surface area contributed by atoms with Crippen LogP contribution in [0, 0.1) is 11.3 Å². The van der Waals surface area contributed by atoms with Gasteiger partial charge in [-0.25, -0.2) is 5.09 Å². The molecule has 0 spiro atoms. The van der Waals surface area contributed by atoms with Crippen LogP contribution in [0.3, 0.4) is 0 Å². The van der Waals surface area contributed by atoms with Crippen LogP contribution in [0.1, 0.15) is 12.5 Å². The first-order chi connectivity index (χ1) is 9.40. The normalized spacial score (nSPS) is 14.9. The highest BCUT2D eigenvalue weighted by atomic mass is 32.1. The summed E-state index contributed by atoms with van der Waals surface area (Å²) in [6.45, 7) is 1.52. The zero-order valence-corrected chi connectivity index (χ0v) is 12.9. The lowest BCUT2D eigenvalue weighted by atomic mass is 10.2. The number of rotatable bonds is 7. The first-order valence-electron chi connectivity index (χ1n) is 5.68. The second kappa shape index (κ2) is 7.46. The van der Waals surface area contributed by atoms with E-state index in [0.29, 0.717) is 5.56 Å². The maximum Gasteiger partial charge on any atom is 0.342 e. The molecule has 8 heteroatoms.